The summed E-state index contributed by atoms with van der Waals surface area (Å²) in [4.78, 5) is 17.3. The first kappa shape index (κ1) is 13.3. The zero-order valence-corrected chi connectivity index (χ0v) is 12.0. The van der Waals surface area contributed by atoms with Gasteiger partial charge in [0.25, 0.3) is 5.91 Å². The Bertz CT molecular complexity index is 647. The lowest BCUT2D eigenvalue weighted by Gasteiger charge is -2.29. The Morgan fingerprint density at radius 2 is 2.15 bits per heavy atom. The molecule has 1 fully saturated rings. The van der Waals surface area contributed by atoms with Crippen LogP contribution in [-0.4, -0.2) is 44.2 Å². The van der Waals surface area contributed by atoms with Gasteiger partial charge >= 0.3 is 0 Å². The number of nitrogens with zero attached hydrogens (tertiary/aromatic N) is 1. The summed E-state index contributed by atoms with van der Waals surface area (Å²) in [5.74, 6) is -0.119. The molecule has 1 aromatic carbocycles. The second kappa shape index (κ2) is 5.34. The van der Waals surface area contributed by atoms with Crippen molar-refractivity contribution >= 4 is 34.1 Å². The van der Waals surface area contributed by atoms with E-state index < -0.39 is 0 Å². The molecular formula is C14H16ClN3O2. The molecule has 0 atom stereocenters. The highest BCUT2D eigenvalue weighted by molar-refractivity contribution is 6.32. The molecule has 20 heavy (non-hydrogen) atoms. The molecule has 1 saturated heterocycles. The molecule has 2 heterocycles. The Morgan fingerprint density at radius 3 is 2.85 bits per heavy atom. The number of anilines is 1. The van der Waals surface area contributed by atoms with Gasteiger partial charge in [0.15, 0.2) is 0 Å². The molecule has 1 aromatic heterocycles. The van der Waals surface area contributed by atoms with Gasteiger partial charge in [0, 0.05) is 36.7 Å². The van der Waals surface area contributed by atoms with Gasteiger partial charge in [-0.15, -0.1) is 0 Å². The summed E-state index contributed by atoms with van der Waals surface area (Å²) in [6.07, 6.45) is 1.73. The fourth-order valence-electron chi connectivity index (χ4n) is 2.55. The van der Waals surface area contributed by atoms with E-state index >= 15 is 0 Å². The molecule has 0 bridgehead atoms. The van der Waals surface area contributed by atoms with E-state index in [0.29, 0.717) is 23.8 Å². The number of carbonyl (C=O) groups excluding carboxylic acids is 1. The van der Waals surface area contributed by atoms with E-state index in [1.54, 1.807) is 13.2 Å². The minimum atomic E-state index is -0.119. The molecule has 5 nitrogen and oxygen atoms in total. The fraction of sp³-hybridized carbons (Fsp3) is 0.357. The first-order valence-corrected chi connectivity index (χ1v) is 6.94. The number of morpholine rings is 1. The topological polar surface area (TPSA) is 57.4 Å². The van der Waals surface area contributed by atoms with E-state index in [0.717, 1.165) is 29.7 Å². The van der Waals surface area contributed by atoms with Gasteiger partial charge in [0.05, 0.1) is 30.0 Å². The van der Waals surface area contributed by atoms with Crippen molar-refractivity contribution in [1.82, 2.24) is 10.3 Å². The van der Waals surface area contributed by atoms with Gasteiger partial charge in [-0.25, -0.2) is 0 Å². The van der Waals surface area contributed by atoms with E-state index in [1.807, 2.05) is 12.1 Å². The van der Waals surface area contributed by atoms with Gasteiger partial charge in [-0.05, 0) is 12.1 Å². The zero-order valence-electron chi connectivity index (χ0n) is 11.2. The fourth-order valence-corrected chi connectivity index (χ4v) is 2.77. The molecule has 1 aliphatic rings. The molecule has 0 spiro atoms. The average molecular weight is 294 g/mol. The zero-order chi connectivity index (χ0) is 14.1. The molecule has 106 valence electrons. The van der Waals surface area contributed by atoms with Gasteiger partial charge < -0.3 is 19.9 Å². The number of rotatable bonds is 2. The van der Waals surface area contributed by atoms with Crippen LogP contribution in [0, 0.1) is 0 Å². The maximum Gasteiger partial charge on any atom is 0.253 e. The van der Waals surface area contributed by atoms with Crippen LogP contribution in [0.4, 0.5) is 5.69 Å². The molecule has 1 amide bonds. The third-order valence-corrected chi connectivity index (χ3v) is 3.78. The van der Waals surface area contributed by atoms with Crippen LogP contribution in [0.2, 0.25) is 5.02 Å². The summed E-state index contributed by atoms with van der Waals surface area (Å²) < 4.78 is 5.38. The van der Waals surface area contributed by atoms with Crippen LogP contribution in [0.15, 0.2) is 18.3 Å². The minimum Gasteiger partial charge on any atom is -0.378 e. The monoisotopic (exact) mass is 293 g/mol. The van der Waals surface area contributed by atoms with Crippen LogP contribution in [0.25, 0.3) is 10.9 Å². The first-order valence-electron chi connectivity index (χ1n) is 6.56. The molecule has 0 aliphatic carbocycles. The number of H-pyrrole nitrogens is 1. The molecule has 0 saturated carbocycles. The number of hydrogen-bond donors (Lipinski definition) is 2. The summed E-state index contributed by atoms with van der Waals surface area (Å²) in [6, 6.07) is 3.75. The van der Waals surface area contributed by atoms with Crippen LogP contribution in [-0.2, 0) is 4.74 Å². The minimum absolute atomic E-state index is 0.119. The Hall–Kier alpha value is -1.72. The van der Waals surface area contributed by atoms with Crippen LogP contribution < -0.4 is 10.2 Å². The SMILES string of the molecule is CNC(=O)c1c[nH]c2c(N3CCOCC3)cc(Cl)cc12. The number of fused-ring (bicyclic) bond motifs is 1. The number of nitrogens with one attached hydrogen (secondary N) is 2. The predicted octanol–water partition coefficient (Wildman–Crippen LogP) is 2.02. The number of hydrogen-bond acceptors (Lipinski definition) is 3. The highest BCUT2D eigenvalue weighted by Crippen LogP contribution is 2.32. The van der Waals surface area contributed by atoms with E-state index in [4.69, 9.17) is 16.3 Å². The number of halogens is 1. The van der Waals surface area contributed by atoms with Crippen molar-refractivity contribution in [2.75, 3.05) is 38.3 Å². The molecule has 2 aromatic rings. The van der Waals surface area contributed by atoms with Crippen molar-refractivity contribution in [2.24, 2.45) is 0 Å². The van der Waals surface area contributed by atoms with Crippen molar-refractivity contribution in [1.29, 1.82) is 0 Å². The van der Waals surface area contributed by atoms with Crippen LogP contribution >= 0.6 is 11.6 Å². The summed E-state index contributed by atoms with van der Waals surface area (Å²) in [5, 5.41) is 4.12. The molecule has 2 N–H and O–H groups in total. The number of aromatic amines is 1. The largest absolute Gasteiger partial charge is 0.378 e. The van der Waals surface area contributed by atoms with Crippen molar-refractivity contribution in [3.05, 3.63) is 28.9 Å². The molecule has 0 radical (unpaired) electrons. The summed E-state index contributed by atoms with van der Waals surface area (Å²) in [7, 11) is 1.62. The number of carbonyl (C=O) groups is 1. The van der Waals surface area contributed by atoms with Gasteiger partial charge in [0.1, 0.15) is 0 Å². The Balaban J connectivity index is 2.12. The van der Waals surface area contributed by atoms with Crippen LogP contribution in [0.3, 0.4) is 0 Å². The molecule has 3 rings (SSSR count). The molecule has 1 aliphatic heterocycles. The number of benzene rings is 1. The average Bonchev–Trinajstić information content (AvgIpc) is 2.90. The summed E-state index contributed by atoms with van der Waals surface area (Å²) in [6.45, 7) is 3.06. The Labute approximate surface area is 121 Å². The third-order valence-electron chi connectivity index (χ3n) is 3.56. The summed E-state index contributed by atoms with van der Waals surface area (Å²) >= 11 is 6.22. The maximum atomic E-state index is 11.9. The number of amides is 1. The van der Waals surface area contributed by atoms with Crippen molar-refractivity contribution in [2.45, 2.75) is 0 Å². The molecule has 6 heteroatoms. The lowest BCUT2D eigenvalue weighted by molar-refractivity contribution is 0.0964. The lowest BCUT2D eigenvalue weighted by Crippen LogP contribution is -2.36. The van der Waals surface area contributed by atoms with E-state index in [-0.39, 0.29) is 5.91 Å². The van der Waals surface area contributed by atoms with Gasteiger partial charge in [0.2, 0.25) is 0 Å². The third kappa shape index (κ3) is 2.23. The highest BCUT2D eigenvalue weighted by Gasteiger charge is 2.19. The highest BCUT2D eigenvalue weighted by atomic mass is 35.5. The van der Waals surface area contributed by atoms with Gasteiger partial charge in [-0.1, -0.05) is 11.6 Å². The smallest absolute Gasteiger partial charge is 0.253 e. The standard InChI is InChI=1S/C14H16ClN3O2/c1-16-14(19)11-8-17-13-10(11)6-9(15)7-12(13)18-2-4-20-5-3-18/h6-8,17H,2-5H2,1H3,(H,16,19). The molecule has 0 unspecified atom stereocenters. The maximum absolute atomic E-state index is 11.9. The second-order valence-electron chi connectivity index (χ2n) is 4.73. The van der Waals surface area contributed by atoms with E-state index in [9.17, 15) is 4.79 Å². The van der Waals surface area contributed by atoms with Crippen LogP contribution in [0.5, 0.6) is 0 Å². The van der Waals surface area contributed by atoms with E-state index in [1.165, 1.54) is 0 Å². The Morgan fingerprint density at radius 1 is 1.40 bits per heavy atom. The predicted molar refractivity (Wildman–Crippen MR) is 79.7 cm³/mol. The molecular weight excluding hydrogens is 278 g/mol. The van der Waals surface area contributed by atoms with Gasteiger partial charge in [-0.3, -0.25) is 4.79 Å². The van der Waals surface area contributed by atoms with Gasteiger partial charge in [-0.2, -0.15) is 0 Å². The van der Waals surface area contributed by atoms with Crippen molar-refractivity contribution in [3.63, 3.8) is 0 Å². The first-order chi connectivity index (χ1) is 9.70. The van der Waals surface area contributed by atoms with Crippen molar-refractivity contribution in [3.8, 4) is 0 Å². The Kier molecular flexibility index (Phi) is 3.54. The lowest BCUT2D eigenvalue weighted by atomic mass is 10.1. The van der Waals surface area contributed by atoms with E-state index in [2.05, 4.69) is 15.2 Å². The number of ether oxygens (including phenoxy) is 1. The number of aromatic nitrogens is 1. The summed E-state index contributed by atoms with van der Waals surface area (Å²) in [5.41, 5.74) is 2.57. The quantitative estimate of drug-likeness (QED) is 0.891. The van der Waals surface area contributed by atoms with Crippen molar-refractivity contribution < 1.29 is 9.53 Å². The van der Waals surface area contributed by atoms with Crippen LogP contribution in [0.1, 0.15) is 10.4 Å². The second-order valence-corrected chi connectivity index (χ2v) is 5.16. The normalized spacial score (nSPS) is 15.6.